The van der Waals surface area contributed by atoms with Gasteiger partial charge in [0.15, 0.2) is 6.10 Å². The molecule has 1 aliphatic rings. The van der Waals surface area contributed by atoms with E-state index in [0.29, 0.717) is 37.3 Å². The van der Waals surface area contributed by atoms with E-state index >= 15 is 0 Å². The highest BCUT2D eigenvalue weighted by atomic mass is 16.3. The van der Waals surface area contributed by atoms with Crippen molar-refractivity contribution in [3.63, 3.8) is 0 Å². The molecule has 0 saturated carbocycles. The molecule has 194 valence electrons. The van der Waals surface area contributed by atoms with Crippen molar-refractivity contribution < 1.29 is 9.90 Å². The molecule has 1 saturated heterocycles. The molecule has 5 aromatic rings. The van der Waals surface area contributed by atoms with Crippen molar-refractivity contribution in [2.24, 2.45) is 7.05 Å². The summed E-state index contributed by atoms with van der Waals surface area (Å²) in [5, 5.41) is 29.1. The lowest BCUT2D eigenvalue weighted by molar-refractivity contribution is -0.140. The van der Waals surface area contributed by atoms with Crippen molar-refractivity contribution in [1.82, 2.24) is 29.3 Å². The minimum Gasteiger partial charge on any atom is -0.378 e. The fourth-order valence-electron chi connectivity index (χ4n) is 4.97. The van der Waals surface area contributed by atoms with Crippen molar-refractivity contribution in [3.05, 3.63) is 90.5 Å². The van der Waals surface area contributed by atoms with E-state index < -0.39 is 6.10 Å². The molecule has 6 rings (SSSR count). The van der Waals surface area contributed by atoms with Gasteiger partial charge in [0, 0.05) is 68.5 Å². The van der Waals surface area contributed by atoms with Crippen molar-refractivity contribution in [1.29, 1.82) is 5.26 Å². The number of aliphatic hydroxyl groups is 1. The highest BCUT2D eigenvalue weighted by Gasteiger charge is 2.27. The number of hydrogen-bond donors (Lipinski definition) is 1. The molecule has 1 aliphatic heterocycles. The van der Waals surface area contributed by atoms with Gasteiger partial charge >= 0.3 is 0 Å². The number of carbonyl (C=O) groups is 1. The number of aromatic nitrogens is 5. The molecule has 0 spiro atoms. The second-order valence-corrected chi connectivity index (χ2v) is 9.51. The lowest BCUT2D eigenvalue weighted by Gasteiger charge is -2.36. The standard InChI is InChI=1S/C29H26N8O2/c1-34-10-9-25(33-34)22-15-24(27-23(16-30)18-32-37(27)19-22)21-7-8-26(31-17-21)35-11-13-36(14-12-35)29(39)28(38)20-5-3-2-4-6-20/h2-10,15,17-19,28,38H,11-14H2,1H3. The van der Waals surface area contributed by atoms with Gasteiger partial charge < -0.3 is 14.9 Å². The monoisotopic (exact) mass is 518 g/mol. The molecule has 0 aliphatic carbocycles. The molecule has 1 N–H and O–H groups in total. The summed E-state index contributed by atoms with van der Waals surface area (Å²) in [5.74, 6) is 0.524. The topological polar surface area (TPSA) is 116 Å². The third-order valence-electron chi connectivity index (χ3n) is 7.07. The molecule has 1 aromatic carbocycles. The highest BCUT2D eigenvalue weighted by molar-refractivity contribution is 5.87. The van der Waals surface area contributed by atoms with Crippen molar-refractivity contribution in [2.75, 3.05) is 31.1 Å². The number of aliphatic hydroxyl groups excluding tert-OH is 1. The van der Waals surface area contributed by atoms with E-state index in [1.54, 1.807) is 38.6 Å². The first-order valence-corrected chi connectivity index (χ1v) is 12.7. The Kier molecular flexibility index (Phi) is 6.26. The van der Waals surface area contributed by atoms with Crippen LogP contribution in [0, 0.1) is 11.3 Å². The summed E-state index contributed by atoms with van der Waals surface area (Å²) >= 11 is 0. The SMILES string of the molecule is Cn1ccc(-c2cc(-c3ccc(N4CCN(C(=O)C(O)c5ccccc5)CC4)nc3)c3c(C#N)cnn3c2)n1. The van der Waals surface area contributed by atoms with Gasteiger partial charge in [0.25, 0.3) is 5.91 Å². The van der Waals surface area contributed by atoms with Crippen LogP contribution in [0.1, 0.15) is 17.2 Å². The Balaban J connectivity index is 1.22. The van der Waals surface area contributed by atoms with Crippen LogP contribution in [0.25, 0.3) is 27.9 Å². The lowest BCUT2D eigenvalue weighted by Crippen LogP contribution is -2.50. The summed E-state index contributed by atoms with van der Waals surface area (Å²) < 4.78 is 3.46. The van der Waals surface area contributed by atoms with Crippen LogP contribution < -0.4 is 4.90 Å². The zero-order chi connectivity index (χ0) is 26.9. The van der Waals surface area contributed by atoms with Gasteiger partial charge in [-0.25, -0.2) is 9.50 Å². The maximum absolute atomic E-state index is 12.8. The van der Waals surface area contributed by atoms with Crippen molar-refractivity contribution >= 4 is 17.2 Å². The lowest BCUT2D eigenvalue weighted by atomic mass is 10.0. The van der Waals surface area contributed by atoms with Crippen LogP contribution in [-0.4, -0.2) is 66.5 Å². The van der Waals surface area contributed by atoms with E-state index in [2.05, 4.69) is 21.2 Å². The second kappa shape index (κ2) is 10.0. The van der Waals surface area contributed by atoms with E-state index in [-0.39, 0.29) is 5.91 Å². The highest BCUT2D eigenvalue weighted by Crippen LogP contribution is 2.32. The number of anilines is 1. The summed E-state index contributed by atoms with van der Waals surface area (Å²) in [6.07, 6.45) is 5.97. The predicted octanol–water partition coefficient (Wildman–Crippen LogP) is 3.05. The van der Waals surface area contributed by atoms with Crippen LogP contribution in [0.15, 0.2) is 79.4 Å². The zero-order valence-corrected chi connectivity index (χ0v) is 21.3. The number of nitrogens with zero attached hydrogens (tertiary/aromatic N) is 8. The van der Waals surface area contributed by atoms with Gasteiger partial charge in [-0.2, -0.15) is 15.5 Å². The molecule has 39 heavy (non-hydrogen) atoms. The second-order valence-electron chi connectivity index (χ2n) is 9.51. The van der Waals surface area contributed by atoms with E-state index in [9.17, 15) is 15.2 Å². The number of benzene rings is 1. The van der Waals surface area contributed by atoms with Gasteiger partial charge in [-0.1, -0.05) is 30.3 Å². The maximum atomic E-state index is 12.8. The average molecular weight is 519 g/mol. The van der Waals surface area contributed by atoms with E-state index in [1.165, 1.54) is 0 Å². The Labute approximate surface area is 225 Å². The van der Waals surface area contributed by atoms with Crippen molar-refractivity contribution in [3.8, 4) is 28.5 Å². The number of pyridine rings is 2. The Bertz CT molecular complexity index is 1680. The number of hydrogen-bond acceptors (Lipinski definition) is 7. The number of amides is 1. The molecular formula is C29H26N8O2. The van der Waals surface area contributed by atoms with Crippen molar-refractivity contribution in [2.45, 2.75) is 6.10 Å². The van der Waals surface area contributed by atoms with Gasteiger partial charge in [0.1, 0.15) is 11.9 Å². The Morgan fingerprint density at radius 3 is 2.49 bits per heavy atom. The Morgan fingerprint density at radius 1 is 1.03 bits per heavy atom. The first-order chi connectivity index (χ1) is 19.0. The first kappa shape index (κ1) is 24.3. The molecule has 0 radical (unpaired) electrons. The largest absolute Gasteiger partial charge is 0.378 e. The van der Waals surface area contributed by atoms with Gasteiger partial charge in [-0.15, -0.1) is 0 Å². The summed E-state index contributed by atoms with van der Waals surface area (Å²) in [7, 11) is 1.87. The van der Waals surface area contributed by atoms with Gasteiger partial charge in [0.2, 0.25) is 0 Å². The molecule has 5 heterocycles. The molecular weight excluding hydrogens is 492 g/mol. The van der Waals surface area contributed by atoms with Gasteiger partial charge in [-0.3, -0.25) is 9.48 Å². The number of carbonyl (C=O) groups excluding carboxylic acids is 1. The number of piperazine rings is 1. The molecule has 1 amide bonds. The first-order valence-electron chi connectivity index (χ1n) is 12.7. The van der Waals surface area contributed by atoms with E-state index in [4.69, 9.17) is 4.98 Å². The summed E-state index contributed by atoms with van der Waals surface area (Å²) in [6.45, 7) is 2.22. The zero-order valence-electron chi connectivity index (χ0n) is 21.3. The normalized spacial score (nSPS) is 14.4. The predicted molar refractivity (Wildman–Crippen MR) is 146 cm³/mol. The third-order valence-corrected chi connectivity index (χ3v) is 7.07. The summed E-state index contributed by atoms with van der Waals surface area (Å²) in [4.78, 5) is 21.4. The summed E-state index contributed by atoms with van der Waals surface area (Å²) in [6, 6.07) is 19.1. The third kappa shape index (κ3) is 4.60. The number of aryl methyl sites for hydroxylation is 1. The van der Waals surface area contributed by atoms with E-state index in [1.807, 2.05) is 61.9 Å². The molecule has 1 atom stereocenters. The minimum atomic E-state index is -1.16. The number of nitriles is 1. The van der Waals surface area contributed by atoms with Crippen LogP contribution in [0.2, 0.25) is 0 Å². The van der Waals surface area contributed by atoms with Crippen LogP contribution in [0.4, 0.5) is 5.82 Å². The van der Waals surface area contributed by atoms with Crippen LogP contribution in [-0.2, 0) is 11.8 Å². The molecule has 0 bridgehead atoms. The Morgan fingerprint density at radius 2 is 1.82 bits per heavy atom. The van der Waals surface area contributed by atoms with Crippen LogP contribution in [0.3, 0.4) is 0 Å². The fourth-order valence-corrected chi connectivity index (χ4v) is 4.97. The number of fused-ring (bicyclic) bond motifs is 1. The van der Waals surface area contributed by atoms with Gasteiger partial charge in [-0.05, 0) is 29.8 Å². The Hall–Kier alpha value is -5.01. The fraction of sp³-hybridized carbons (Fsp3) is 0.207. The smallest absolute Gasteiger partial charge is 0.256 e. The molecule has 10 nitrogen and oxygen atoms in total. The van der Waals surface area contributed by atoms with Crippen LogP contribution in [0.5, 0.6) is 0 Å². The number of rotatable bonds is 5. The van der Waals surface area contributed by atoms with E-state index in [0.717, 1.165) is 33.7 Å². The average Bonchev–Trinajstić information content (AvgIpc) is 3.62. The molecule has 4 aromatic heterocycles. The molecule has 10 heteroatoms. The maximum Gasteiger partial charge on any atom is 0.256 e. The van der Waals surface area contributed by atoms with Crippen LogP contribution >= 0.6 is 0 Å². The summed E-state index contributed by atoms with van der Waals surface area (Å²) in [5.41, 5.74) is 5.20. The van der Waals surface area contributed by atoms with Gasteiger partial charge in [0.05, 0.1) is 23.0 Å². The molecule has 1 unspecified atom stereocenters. The minimum absolute atomic E-state index is 0.282. The molecule has 1 fully saturated rings. The quantitative estimate of drug-likeness (QED) is 0.380.